The maximum Gasteiger partial charge on any atom is 0.417 e. The monoisotopic (exact) mass is 466 g/mol. The standard InChI is InChI=1S/C20H14ClF3N4O2S/c21-17-6-3-14(9-16(17)20(22,23)24)27-19(29)26-13-1-4-15(5-2-13)30-28-8-7-18-12(11-28)10-25-31-18/h1-10H,11H2,(H2,26,27,29). The second kappa shape index (κ2) is 8.48. The number of benzene rings is 2. The van der Waals surface area contributed by atoms with Gasteiger partial charge >= 0.3 is 12.2 Å². The van der Waals surface area contributed by atoms with E-state index < -0.39 is 22.8 Å². The maximum absolute atomic E-state index is 12.9. The minimum absolute atomic E-state index is 0.0339. The Hall–Kier alpha value is -3.24. The number of hydrogen-bond acceptors (Lipinski definition) is 5. The summed E-state index contributed by atoms with van der Waals surface area (Å²) >= 11 is 7.00. The Morgan fingerprint density at radius 3 is 2.58 bits per heavy atom. The number of hydroxylamine groups is 2. The van der Waals surface area contributed by atoms with Crippen molar-refractivity contribution >= 4 is 46.6 Å². The van der Waals surface area contributed by atoms with Gasteiger partial charge in [-0.25, -0.2) is 14.2 Å². The molecule has 2 N–H and O–H groups in total. The zero-order chi connectivity index (χ0) is 22.0. The Balaban J connectivity index is 1.34. The number of alkyl halides is 3. The molecule has 1 aliphatic rings. The molecule has 11 heteroatoms. The molecule has 4 rings (SSSR count). The Bertz CT molecular complexity index is 1130. The molecule has 0 saturated heterocycles. The Kier molecular flexibility index (Phi) is 5.75. The molecule has 6 nitrogen and oxygen atoms in total. The number of hydrogen-bond donors (Lipinski definition) is 2. The number of aromatic nitrogens is 1. The van der Waals surface area contributed by atoms with Gasteiger partial charge < -0.3 is 15.5 Å². The second-order valence-corrected chi connectivity index (χ2v) is 7.73. The molecule has 0 spiro atoms. The molecule has 2 amide bonds. The fourth-order valence-corrected chi connectivity index (χ4v) is 3.68. The summed E-state index contributed by atoms with van der Waals surface area (Å²) in [5.74, 6) is 0.551. The van der Waals surface area contributed by atoms with Gasteiger partial charge in [0, 0.05) is 29.3 Å². The van der Waals surface area contributed by atoms with Gasteiger partial charge in [0.15, 0.2) is 5.75 Å². The molecule has 3 aromatic rings. The predicted octanol–water partition coefficient (Wildman–Crippen LogP) is 6.24. The van der Waals surface area contributed by atoms with E-state index in [0.29, 0.717) is 18.0 Å². The summed E-state index contributed by atoms with van der Waals surface area (Å²) < 4.78 is 43.0. The van der Waals surface area contributed by atoms with E-state index in [9.17, 15) is 18.0 Å². The third kappa shape index (κ3) is 5.09. The molecular weight excluding hydrogens is 453 g/mol. The van der Waals surface area contributed by atoms with Crippen molar-refractivity contribution in [3.05, 3.63) is 75.9 Å². The molecule has 160 valence electrons. The average molecular weight is 467 g/mol. The Morgan fingerprint density at radius 2 is 1.84 bits per heavy atom. The summed E-state index contributed by atoms with van der Waals surface area (Å²) in [6.45, 7) is 0.561. The van der Waals surface area contributed by atoms with Crippen LogP contribution < -0.4 is 15.5 Å². The van der Waals surface area contributed by atoms with Gasteiger partial charge in [-0.15, -0.1) is 0 Å². The maximum atomic E-state index is 12.9. The van der Waals surface area contributed by atoms with Crippen LogP contribution in [0.5, 0.6) is 5.75 Å². The molecular formula is C20H14ClF3N4O2S. The minimum atomic E-state index is -4.62. The summed E-state index contributed by atoms with van der Waals surface area (Å²) in [6, 6.07) is 9.00. The van der Waals surface area contributed by atoms with Crippen LogP contribution in [0.4, 0.5) is 29.3 Å². The van der Waals surface area contributed by atoms with Gasteiger partial charge in [-0.1, -0.05) is 11.6 Å². The minimum Gasteiger partial charge on any atom is -0.380 e. The Labute approximate surface area is 184 Å². The number of carbonyl (C=O) groups excluding carboxylic acids is 1. The van der Waals surface area contributed by atoms with Crippen LogP contribution >= 0.6 is 23.1 Å². The van der Waals surface area contributed by atoms with Gasteiger partial charge in [0.1, 0.15) is 0 Å². The highest BCUT2D eigenvalue weighted by atomic mass is 35.5. The molecule has 0 saturated carbocycles. The molecule has 2 heterocycles. The van der Waals surface area contributed by atoms with E-state index in [1.807, 2.05) is 6.08 Å². The lowest BCUT2D eigenvalue weighted by Crippen LogP contribution is -2.23. The summed E-state index contributed by atoms with van der Waals surface area (Å²) in [7, 11) is 0. The molecule has 31 heavy (non-hydrogen) atoms. The molecule has 0 fully saturated rings. The van der Waals surface area contributed by atoms with Crippen LogP contribution in [-0.2, 0) is 12.7 Å². The van der Waals surface area contributed by atoms with E-state index in [2.05, 4.69) is 15.0 Å². The number of rotatable bonds is 4. The van der Waals surface area contributed by atoms with Gasteiger partial charge in [0.25, 0.3) is 0 Å². The number of anilines is 2. The SMILES string of the molecule is O=C(Nc1ccc(ON2C=Cc3sncc3C2)cc1)Nc1ccc(Cl)c(C(F)(F)F)c1. The second-order valence-electron chi connectivity index (χ2n) is 6.49. The molecule has 0 aliphatic carbocycles. The average Bonchev–Trinajstić information content (AvgIpc) is 3.18. The van der Waals surface area contributed by atoms with Gasteiger partial charge in [-0.3, -0.25) is 0 Å². The van der Waals surface area contributed by atoms with Crippen LogP contribution in [-0.4, -0.2) is 15.5 Å². The topological polar surface area (TPSA) is 66.5 Å². The number of nitrogens with one attached hydrogen (secondary N) is 2. The van der Waals surface area contributed by atoms with E-state index in [1.165, 1.54) is 17.6 Å². The third-order valence-electron chi connectivity index (χ3n) is 4.26. The number of fused-ring (bicyclic) bond motifs is 1. The predicted molar refractivity (Wildman–Crippen MR) is 113 cm³/mol. The van der Waals surface area contributed by atoms with E-state index >= 15 is 0 Å². The first-order valence-electron chi connectivity index (χ1n) is 8.89. The largest absolute Gasteiger partial charge is 0.417 e. The lowest BCUT2D eigenvalue weighted by atomic mass is 10.2. The molecule has 0 atom stereocenters. The van der Waals surface area contributed by atoms with Crippen molar-refractivity contribution in [1.82, 2.24) is 9.44 Å². The fourth-order valence-electron chi connectivity index (χ4n) is 2.81. The van der Waals surface area contributed by atoms with Gasteiger partial charge in [0.2, 0.25) is 0 Å². The van der Waals surface area contributed by atoms with Crippen LogP contribution in [0.3, 0.4) is 0 Å². The Morgan fingerprint density at radius 1 is 1.13 bits per heavy atom. The van der Waals surface area contributed by atoms with Gasteiger partial charge in [-0.05, 0) is 60.1 Å². The van der Waals surface area contributed by atoms with Crippen LogP contribution in [0.1, 0.15) is 16.0 Å². The first-order valence-corrected chi connectivity index (χ1v) is 10.0. The quantitative estimate of drug-likeness (QED) is 0.477. The first-order chi connectivity index (χ1) is 14.8. The normalized spacial score (nSPS) is 13.0. The molecule has 0 unspecified atom stereocenters. The zero-order valence-electron chi connectivity index (χ0n) is 15.6. The summed E-state index contributed by atoms with van der Waals surface area (Å²) in [5.41, 5.74) is 0.450. The van der Waals surface area contributed by atoms with Crippen molar-refractivity contribution in [3.63, 3.8) is 0 Å². The number of amides is 2. The molecule has 0 bridgehead atoms. The molecule has 2 aromatic carbocycles. The number of carbonyl (C=O) groups is 1. The molecule has 1 aliphatic heterocycles. The van der Waals surface area contributed by atoms with E-state index in [1.54, 1.807) is 41.7 Å². The molecule has 0 radical (unpaired) electrons. The lowest BCUT2D eigenvalue weighted by molar-refractivity contribution is -0.137. The smallest absolute Gasteiger partial charge is 0.380 e. The molecule has 1 aromatic heterocycles. The fraction of sp³-hybridized carbons (Fsp3) is 0.100. The van der Waals surface area contributed by atoms with Crippen molar-refractivity contribution in [2.45, 2.75) is 12.7 Å². The van der Waals surface area contributed by atoms with E-state index in [-0.39, 0.29) is 5.69 Å². The zero-order valence-corrected chi connectivity index (χ0v) is 17.2. The van der Waals surface area contributed by atoms with Crippen molar-refractivity contribution in [3.8, 4) is 5.75 Å². The van der Waals surface area contributed by atoms with Gasteiger partial charge in [0.05, 0.1) is 22.0 Å². The third-order valence-corrected chi connectivity index (χ3v) is 5.39. The van der Waals surface area contributed by atoms with Crippen molar-refractivity contribution in [2.24, 2.45) is 0 Å². The lowest BCUT2D eigenvalue weighted by Gasteiger charge is -2.23. The van der Waals surface area contributed by atoms with E-state index in [0.717, 1.165) is 22.6 Å². The van der Waals surface area contributed by atoms with Crippen LogP contribution in [0.15, 0.2) is 54.9 Å². The van der Waals surface area contributed by atoms with Crippen LogP contribution in [0.2, 0.25) is 5.02 Å². The number of urea groups is 1. The highest BCUT2D eigenvalue weighted by molar-refractivity contribution is 7.06. The summed E-state index contributed by atoms with van der Waals surface area (Å²) in [4.78, 5) is 19.0. The highest BCUT2D eigenvalue weighted by Gasteiger charge is 2.33. The van der Waals surface area contributed by atoms with E-state index in [4.69, 9.17) is 16.4 Å². The highest BCUT2D eigenvalue weighted by Crippen LogP contribution is 2.36. The van der Waals surface area contributed by atoms with Crippen molar-refractivity contribution in [2.75, 3.05) is 10.6 Å². The number of halogens is 4. The van der Waals surface area contributed by atoms with Crippen molar-refractivity contribution in [1.29, 1.82) is 0 Å². The first kappa shape index (κ1) is 21.0. The van der Waals surface area contributed by atoms with Crippen LogP contribution in [0, 0.1) is 0 Å². The summed E-state index contributed by atoms with van der Waals surface area (Å²) in [5, 5.41) is 6.12. The van der Waals surface area contributed by atoms with Gasteiger partial charge in [-0.2, -0.15) is 13.2 Å². The van der Waals surface area contributed by atoms with Crippen molar-refractivity contribution < 1.29 is 22.8 Å². The number of nitrogens with zero attached hydrogens (tertiary/aromatic N) is 2. The summed E-state index contributed by atoms with van der Waals surface area (Å²) in [6.07, 6.45) is 0.898. The van der Waals surface area contributed by atoms with Crippen LogP contribution in [0.25, 0.3) is 6.08 Å².